The molecule has 0 aliphatic rings. The summed E-state index contributed by atoms with van der Waals surface area (Å²) in [6.45, 7) is -1.05. The molecule has 1 rings (SSSR count). The molecule has 0 atom stereocenters. The Hall–Kier alpha value is -2.00. The van der Waals surface area contributed by atoms with Crippen LogP contribution < -0.4 is 5.73 Å². The van der Waals surface area contributed by atoms with Gasteiger partial charge in [-0.3, -0.25) is 14.4 Å². The van der Waals surface area contributed by atoms with E-state index in [9.17, 15) is 14.4 Å². The second kappa shape index (κ2) is 6.81. The number of aromatic nitrogens is 1. The lowest BCUT2D eigenvalue weighted by molar-refractivity contribution is -0.149. The van der Waals surface area contributed by atoms with E-state index < -0.39 is 30.9 Å². The Morgan fingerprint density at radius 1 is 1.26 bits per heavy atom. The van der Waals surface area contributed by atoms with Crippen LogP contribution in [0.5, 0.6) is 0 Å². The average Bonchev–Trinajstić information content (AvgIpc) is 2.74. The van der Waals surface area contributed by atoms with Crippen LogP contribution in [0.2, 0.25) is 0 Å². The van der Waals surface area contributed by atoms with Gasteiger partial charge in [0.25, 0.3) is 0 Å². The molecule has 1 heterocycles. The van der Waals surface area contributed by atoms with Crippen LogP contribution in [0.1, 0.15) is 10.7 Å². The standard InChI is InChI=1S/C10H13N3O5S/c11-2-7-12-6(5-19-7)1-8(14)13(3-9(15)16)4-10(17)18/h5H,1-4,11H2,(H,15,16)(H,17,18). The maximum Gasteiger partial charge on any atom is 0.323 e. The van der Waals surface area contributed by atoms with E-state index in [-0.39, 0.29) is 13.0 Å². The van der Waals surface area contributed by atoms with Gasteiger partial charge in [-0.1, -0.05) is 0 Å². The second-order valence-electron chi connectivity index (χ2n) is 3.65. The van der Waals surface area contributed by atoms with Crippen molar-refractivity contribution in [2.45, 2.75) is 13.0 Å². The molecule has 0 aliphatic heterocycles. The molecule has 0 aliphatic carbocycles. The fourth-order valence-corrected chi connectivity index (χ4v) is 2.02. The normalized spacial score (nSPS) is 10.2. The molecule has 0 aromatic carbocycles. The lowest BCUT2D eigenvalue weighted by Crippen LogP contribution is -2.40. The summed E-state index contributed by atoms with van der Waals surface area (Å²) in [7, 11) is 0. The average molecular weight is 287 g/mol. The third-order valence-corrected chi connectivity index (χ3v) is 3.03. The molecule has 1 amide bonds. The minimum absolute atomic E-state index is 0.142. The van der Waals surface area contributed by atoms with Gasteiger partial charge in [-0.25, -0.2) is 4.98 Å². The van der Waals surface area contributed by atoms with Gasteiger partial charge in [-0.05, 0) is 0 Å². The van der Waals surface area contributed by atoms with Gasteiger partial charge in [0.1, 0.15) is 18.1 Å². The van der Waals surface area contributed by atoms with E-state index in [0.29, 0.717) is 10.7 Å². The van der Waals surface area contributed by atoms with Crippen molar-refractivity contribution in [1.82, 2.24) is 9.88 Å². The summed E-state index contributed by atoms with van der Waals surface area (Å²) in [5.41, 5.74) is 5.84. The summed E-state index contributed by atoms with van der Waals surface area (Å²) in [6.07, 6.45) is -0.142. The molecule has 1 aromatic rings. The van der Waals surface area contributed by atoms with E-state index in [2.05, 4.69) is 4.98 Å². The van der Waals surface area contributed by atoms with E-state index in [1.54, 1.807) is 5.38 Å². The number of carbonyl (C=O) groups is 3. The van der Waals surface area contributed by atoms with E-state index in [1.807, 2.05) is 0 Å². The van der Waals surface area contributed by atoms with Gasteiger partial charge in [0.15, 0.2) is 0 Å². The first-order valence-corrected chi connectivity index (χ1v) is 6.15. The summed E-state index contributed by atoms with van der Waals surface area (Å²) in [5, 5.41) is 19.6. The van der Waals surface area contributed by atoms with Gasteiger partial charge in [-0.2, -0.15) is 0 Å². The highest BCUT2D eigenvalue weighted by molar-refractivity contribution is 7.09. The number of hydrogen-bond donors (Lipinski definition) is 3. The molecule has 0 saturated heterocycles. The predicted octanol–water partition coefficient (Wildman–Crippen LogP) is -0.858. The zero-order chi connectivity index (χ0) is 14.4. The number of carboxylic acids is 2. The van der Waals surface area contributed by atoms with Crippen molar-refractivity contribution < 1.29 is 24.6 Å². The van der Waals surface area contributed by atoms with E-state index in [0.717, 1.165) is 4.90 Å². The Morgan fingerprint density at radius 3 is 2.26 bits per heavy atom. The molecule has 0 saturated carbocycles. The van der Waals surface area contributed by atoms with E-state index in [4.69, 9.17) is 15.9 Å². The van der Waals surface area contributed by atoms with Crippen LogP contribution in [-0.4, -0.2) is 51.0 Å². The Balaban J connectivity index is 2.69. The SMILES string of the molecule is NCc1nc(CC(=O)N(CC(=O)O)CC(=O)O)cs1. The van der Waals surface area contributed by atoms with Crippen molar-refractivity contribution in [3.05, 3.63) is 16.1 Å². The van der Waals surface area contributed by atoms with Gasteiger partial charge in [0, 0.05) is 11.9 Å². The number of nitrogens with two attached hydrogens (primary N) is 1. The Bertz CT molecular complexity index is 471. The summed E-state index contributed by atoms with van der Waals surface area (Å²) < 4.78 is 0. The molecule has 0 spiro atoms. The zero-order valence-corrected chi connectivity index (χ0v) is 10.7. The first-order chi connectivity index (χ1) is 8.92. The monoisotopic (exact) mass is 287 g/mol. The summed E-state index contributed by atoms with van der Waals surface area (Å²) in [6, 6.07) is 0. The molecule has 0 radical (unpaired) electrons. The molecule has 0 fully saturated rings. The highest BCUT2D eigenvalue weighted by Crippen LogP contribution is 2.10. The van der Waals surface area contributed by atoms with Crippen LogP contribution in [0.15, 0.2) is 5.38 Å². The molecule has 0 unspecified atom stereocenters. The Morgan fingerprint density at radius 2 is 1.84 bits per heavy atom. The van der Waals surface area contributed by atoms with E-state index in [1.165, 1.54) is 11.3 Å². The van der Waals surface area contributed by atoms with Crippen molar-refractivity contribution >= 4 is 29.2 Å². The van der Waals surface area contributed by atoms with Crippen molar-refractivity contribution in [2.24, 2.45) is 5.73 Å². The maximum atomic E-state index is 11.8. The number of nitrogens with zero attached hydrogens (tertiary/aromatic N) is 2. The quantitative estimate of drug-likeness (QED) is 0.594. The highest BCUT2D eigenvalue weighted by Gasteiger charge is 2.20. The molecule has 9 heteroatoms. The summed E-state index contributed by atoms with van der Waals surface area (Å²) in [5.74, 6) is -3.13. The fourth-order valence-electron chi connectivity index (χ4n) is 1.35. The summed E-state index contributed by atoms with van der Waals surface area (Å²) in [4.78, 5) is 37.8. The highest BCUT2D eigenvalue weighted by atomic mass is 32.1. The van der Waals surface area contributed by atoms with Crippen molar-refractivity contribution in [2.75, 3.05) is 13.1 Å². The molecule has 19 heavy (non-hydrogen) atoms. The Labute approximate surface area is 112 Å². The number of thiazole rings is 1. The predicted molar refractivity (Wildman–Crippen MR) is 65.6 cm³/mol. The smallest absolute Gasteiger partial charge is 0.323 e. The van der Waals surface area contributed by atoms with E-state index >= 15 is 0 Å². The van der Waals surface area contributed by atoms with Crippen LogP contribution in [-0.2, 0) is 27.3 Å². The molecule has 0 bridgehead atoms. The van der Waals surface area contributed by atoms with Crippen molar-refractivity contribution in [3.63, 3.8) is 0 Å². The largest absolute Gasteiger partial charge is 0.480 e. The molecule has 4 N–H and O–H groups in total. The van der Waals surface area contributed by atoms with Crippen LogP contribution >= 0.6 is 11.3 Å². The number of hydrogen-bond acceptors (Lipinski definition) is 6. The third-order valence-electron chi connectivity index (χ3n) is 2.11. The van der Waals surface area contributed by atoms with Gasteiger partial charge in [0.2, 0.25) is 5.91 Å². The number of carboxylic acid groups (broad SMARTS) is 2. The fraction of sp³-hybridized carbons (Fsp3) is 0.400. The van der Waals surface area contributed by atoms with Crippen molar-refractivity contribution in [3.8, 4) is 0 Å². The second-order valence-corrected chi connectivity index (χ2v) is 4.59. The third kappa shape index (κ3) is 5.02. The van der Waals surface area contributed by atoms with Gasteiger partial charge in [-0.15, -0.1) is 11.3 Å². The van der Waals surface area contributed by atoms with Gasteiger partial charge >= 0.3 is 11.9 Å². The maximum absolute atomic E-state index is 11.8. The lowest BCUT2D eigenvalue weighted by atomic mass is 10.3. The van der Waals surface area contributed by atoms with Crippen LogP contribution in [0.3, 0.4) is 0 Å². The molecule has 104 valence electrons. The first kappa shape index (κ1) is 15.1. The lowest BCUT2D eigenvalue weighted by Gasteiger charge is -2.17. The van der Waals surface area contributed by atoms with Gasteiger partial charge in [0.05, 0.1) is 12.1 Å². The first-order valence-electron chi connectivity index (χ1n) is 5.27. The molecule has 8 nitrogen and oxygen atoms in total. The van der Waals surface area contributed by atoms with Crippen molar-refractivity contribution in [1.29, 1.82) is 0 Å². The Kier molecular flexibility index (Phi) is 5.39. The minimum atomic E-state index is -1.27. The number of rotatable bonds is 7. The topological polar surface area (TPSA) is 134 Å². The molecular weight excluding hydrogens is 274 g/mol. The van der Waals surface area contributed by atoms with Crippen LogP contribution in [0.25, 0.3) is 0 Å². The molecular formula is C10H13N3O5S. The van der Waals surface area contributed by atoms with Crippen LogP contribution in [0, 0.1) is 0 Å². The zero-order valence-electron chi connectivity index (χ0n) is 9.90. The summed E-state index contributed by atoms with van der Waals surface area (Å²) >= 11 is 1.29. The molecule has 1 aromatic heterocycles. The minimum Gasteiger partial charge on any atom is -0.480 e. The number of carbonyl (C=O) groups excluding carboxylic acids is 1. The van der Waals surface area contributed by atoms with Gasteiger partial charge < -0.3 is 20.8 Å². The number of aliphatic carboxylic acids is 2. The number of amides is 1. The van der Waals surface area contributed by atoms with Crippen LogP contribution in [0.4, 0.5) is 0 Å².